The van der Waals surface area contributed by atoms with Crippen LogP contribution >= 0.6 is 0 Å². The van der Waals surface area contributed by atoms with Crippen molar-refractivity contribution in [3.05, 3.63) is 60.2 Å². The molecule has 1 unspecified atom stereocenters. The first-order chi connectivity index (χ1) is 9.58. The summed E-state index contributed by atoms with van der Waals surface area (Å²) in [5, 5.41) is 0. The molecule has 0 bridgehead atoms. The molecule has 4 nitrogen and oxygen atoms in total. The monoisotopic (exact) mass is 287 g/mol. The Hall–Kier alpha value is -2.14. The summed E-state index contributed by atoms with van der Waals surface area (Å²) in [6.07, 6.45) is 0. The van der Waals surface area contributed by atoms with Gasteiger partial charge in [-0.15, -0.1) is 4.40 Å². The second-order valence-corrected chi connectivity index (χ2v) is 5.56. The minimum atomic E-state index is -1.49. The summed E-state index contributed by atoms with van der Waals surface area (Å²) in [5.74, 6) is 0.218. The molecule has 0 aliphatic carbocycles. The van der Waals surface area contributed by atoms with Crippen molar-refractivity contribution in [2.24, 2.45) is 10.1 Å². The molecule has 0 radical (unpaired) electrons. The van der Waals surface area contributed by atoms with E-state index in [0.29, 0.717) is 4.90 Å². The number of nitrogens with two attached hydrogens (primary N) is 1. The fourth-order valence-electron chi connectivity index (χ4n) is 1.64. The van der Waals surface area contributed by atoms with Crippen LogP contribution in [0.5, 0.6) is 0 Å². The Morgan fingerprint density at radius 2 is 1.70 bits per heavy atom. The highest BCUT2D eigenvalue weighted by Gasteiger charge is 2.08. The molecule has 0 saturated carbocycles. The number of rotatable bonds is 3. The summed E-state index contributed by atoms with van der Waals surface area (Å²) in [4.78, 5) is 2.34. The van der Waals surface area contributed by atoms with Gasteiger partial charge < -0.3 is 10.6 Å². The summed E-state index contributed by atoms with van der Waals surface area (Å²) >= 11 is 0. The second-order valence-electron chi connectivity index (χ2n) is 4.41. The molecule has 2 aromatic carbocycles. The van der Waals surface area contributed by atoms with Crippen LogP contribution in [-0.2, 0) is 11.0 Å². The van der Waals surface area contributed by atoms with Gasteiger partial charge in [0.1, 0.15) is 0 Å². The largest absolute Gasteiger partial charge is 0.369 e. The van der Waals surface area contributed by atoms with E-state index in [2.05, 4.69) is 4.40 Å². The minimum Gasteiger partial charge on any atom is -0.369 e. The van der Waals surface area contributed by atoms with Crippen molar-refractivity contribution in [1.82, 2.24) is 0 Å². The molecule has 0 fully saturated rings. The average Bonchev–Trinajstić information content (AvgIpc) is 2.48. The first-order valence-electron chi connectivity index (χ1n) is 6.19. The van der Waals surface area contributed by atoms with Gasteiger partial charge in [0.05, 0.1) is 4.90 Å². The third-order valence-corrected chi connectivity index (χ3v) is 3.91. The van der Waals surface area contributed by atoms with Crippen LogP contribution in [0.1, 0.15) is 5.56 Å². The van der Waals surface area contributed by atoms with Crippen molar-refractivity contribution >= 4 is 22.6 Å². The normalized spacial score (nSPS) is 13.0. The Balaban J connectivity index is 2.17. The summed E-state index contributed by atoms with van der Waals surface area (Å²) < 4.78 is 16.2. The summed E-state index contributed by atoms with van der Waals surface area (Å²) in [6, 6.07) is 17.0. The van der Waals surface area contributed by atoms with E-state index in [1.54, 1.807) is 24.1 Å². The van der Waals surface area contributed by atoms with Crippen molar-refractivity contribution in [3.63, 3.8) is 0 Å². The smallest absolute Gasteiger partial charge is 0.210 e. The van der Waals surface area contributed by atoms with Crippen LogP contribution in [0, 0.1) is 6.92 Å². The summed E-state index contributed by atoms with van der Waals surface area (Å²) in [7, 11) is 0.297. The van der Waals surface area contributed by atoms with Crippen molar-refractivity contribution < 1.29 is 4.21 Å². The molecule has 0 amide bonds. The van der Waals surface area contributed by atoms with Gasteiger partial charge in [-0.2, -0.15) is 0 Å². The van der Waals surface area contributed by atoms with E-state index < -0.39 is 11.0 Å². The van der Waals surface area contributed by atoms with Gasteiger partial charge >= 0.3 is 0 Å². The predicted octanol–water partition coefficient (Wildman–Crippen LogP) is 2.47. The lowest BCUT2D eigenvalue weighted by Crippen LogP contribution is -2.34. The van der Waals surface area contributed by atoms with Gasteiger partial charge in [0, 0.05) is 12.7 Å². The maximum absolute atomic E-state index is 12.1. The van der Waals surface area contributed by atoms with Gasteiger partial charge in [-0.1, -0.05) is 35.9 Å². The summed E-state index contributed by atoms with van der Waals surface area (Å²) in [5.41, 5.74) is 7.91. The molecule has 5 heteroatoms. The van der Waals surface area contributed by atoms with Crippen molar-refractivity contribution in [3.8, 4) is 0 Å². The minimum absolute atomic E-state index is 0.218. The van der Waals surface area contributed by atoms with Gasteiger partial charge in [0.15, 0.2) is 11.0 Å². The lowest BCUT2D eigenvalue weighted by atomic mass is 10.2. The first kappa shape index (κ1) is 14.3. The molecule has 2 aromatic rings. The zero-order valence-corrected chi connectivity index (χ0v) is 12.3. The van der Waals surface area contributed by atoms with E-state index in [0.717, 1.165) is 11.3 Å². The van der Waals surface area contributed by atoms with Crippen LogP contribution in [0.4, 0.5) is 5.69 Å². The van der Waals surface area contributed by atoms with Crippen LogP contribution < -0.4 is 10.6 Å². The van der Waals surface area contributed by atoms with E-state index in [1.807, 2.05) is 49.4 Å². The lowest BCUT2D eigenvalue weighted by Gasteiger charge is -2.17. The number of guanidine groups is 1. The number of anilines is 1. The highest BCUT2D eigenvalue weighted by molar-refractivity contribution is 7.83. The van der Waals surface area contributed by atoms with Gasteiger partial charge in [-0.3, -0.25) is 0 Å². The molecule has 0 spiro atoms. The quantitative estimate of drug-likeness (QED) is 0.697. The molecule has 0 aliphatic heterocycles. The number of benzene rings is 2. The molecular formula is C15H17N3OS. The van der Waals surface area contributed by atoms with Crippen molar-refractivity contribution in [2.75, 3.05) is 11.9 Å². The topological polar surface area (TPSA) is 58.7 Å². The Morgan fingerprint density at radius 3 is 2.30 bits per heavy atom. The zero-order chi connectivity index (χ0) is 14.5. The maximum Gasteiger partial charge on any atom is 0.210 e. The molecule has 0 saturated heterocycles. The molecular weight excluding hydrogens is 270 g/mol. The summed E-state index contributed by atoms with van der Waals surface area (Å²) in [6.45, 7) is 1.98. The van der Waals surface area contributed by atoms with Gasteiger partial charge in [-0.05, 0) is 31.2 Å². The molecule has 2 rings (SSSR count). The SMILES string of the molecule is Cc1ccc(S(=O)/N=C(\N)N(C)c2ccccc2)cc1. The first-order valence-corrected chi connectivity index (χ1v) is 7.30. The Bertz CT molecular complexity index is 623. The highest BCUT2D eigenvalue weighted by Crippen LogP contribution is 2.13. The number of hydrogen-bond donors (Lipinski definition) is 1. The lowest BCUT2D eigenvalue weighted by molar-refractivity contribution is 0.684. The van der Waals surface area contributed by atoms with Gasteiger partial charge in [-0.25, -0.2) is 4.21 Å². The van der Waals surface area contributed by atoms with Crippen molar-refractivity contribution in [1.29, 1.82) is 0 Å². The molecule has 104 valence electrons. The van der Waals surface area contributed by atoms with Crippen LogP contribution in [0.3, 0.4) is 0 Å². The van der Waals surface area contributed by atoms with E-state index >= 15 is 0 Å². The van der Waals surface area contributed by atoms with Crippen LogP contribution in [0.25, 0.3) is 0 Å². The predicted molar refractivity (Wildman–Crippen MR) is 84.1 cm³/mol. The third kappa shape index (κ3) is 3.45. The maximum atomic E-state index is 12.1. The molecule has 1 atom stereocenters. The Kier molecular flexibility index (Phi) is 4.53. The Labute approximate surface area is 121 Å². The standard InChI is InChI=1S/C15H17N3OS/c1-12-8-10-14(11-9-12)20(19)17-15(16)18(2)13-6-4-3-5-7-13/h3-11H,1-2H3,(H2,16,17). The van der Waals surface area contributed by atoms with E-state index in [-0.39, 0.29) is 5.96 Å². The number of hydrogen-bond acceptors (Lipinski definition) is 1. The van der Waals surface area contributed by atoms with E-state index in [9.17, 15) is 4.21 Å². The van der Waals surface area contributed by atoms with Gasteiger partial charge in [0.2, 0.25) is 5.96 Å². The van der Waals surface area contributed by atoms with Crippen molar-refractivity contribution in [2.45, 2.75) is 11.8 Å². The molecule has 20 heavy (non-hydrogen) atoms. The van der Waals surface area contributed by atoms with E-state index in [4.69, 9.17) is 5.73 Å². The van der Waals surface area contributed by atoms with Gasteiger partial charge in [0.25, 0.3) is 0 Å². The highest BCUT2D eigenvalue weighted by atomic mass is 32.2. The zero-order valence-electron chi connectivity index (χ0n) is 11.5. The number of aryl methyl sites for hydroxylation is 1. The average molecular weight is 287 g/mol. The molecule has 2 N–H and O–H groups in total. The van der Waals surface area contributed by atoms with Crippen LogP contribution in [-0.4, -0.2) is 17.2 Å². The van der Waals surface area contributed by atoms with Crippen LogP contribution in [0.2, 0.25) is 0 Å². The number of para-hydroxylation sites is 1. The second kappa shape index (κ2) is 6.34. The molecule has 0 aromatic heterocycles. The number of nitrogens with zero attached hydrogens (tertiary/aromatic N) is 2. The fraction of sp³-hybridized carbons (Fsp3) is 0.133. The Morgan fingerprint density at radius 1 is 1.10 bits per heavy atom. The molecule has 0 aliphatic rings. The fourth-order valence-corrected chi connectivity index (χ4v) is 2.40. The third-order valence-electron chi connectivity index (χ3n) is 2.89. The van der Waals surface area contributed by atoms with Crippen LogP contribution in [0.15, 0.2) is 63.9 Å². The molecule has 0 heterocycles. The van der Waals surface area contributed by atoms with E-state index in [1.165, 1.54) is 0 Å².